The normalized spacial score (nSPS) is 20.1. The average Bonchev–Trinajstić information content (AvgIpc) is 2.40. The Balaban J connectivity index is 2.68. The van der Waals surface area contributed by atoms with Crippen LogP contribution in [0.3, 0.4) is 0 Å². The van der Waals surface area contributed by atoms with Crippen molar-refractivity contribution in [2.24, 2.45) is 0 Å². The third kappa shape index (κ3) is 4.36. The van der Waals surface area contributed by atoms with Crippen molar-refractivity contribution in [2.45, 2.75) is 52.5 Å². The van der Waals surface area contributed by atoms with Crippen molar-refractivity contribution >= 4 is 17.7 Å². The van der Waals surface area contributed by atoms with E-state index in [1.54, 1.807) is 0 Å². The molecule has 112 valence electrons. The van der Waals surface area contributed by atoms with Crippen LogP contribution in [0, 0.1) is 0 Å². The second-order valence-electron chi connectivity index (χ2n) is 4.86. The van der Waals surface area contributed by atoms with Crippen LogP contribution < -0.4 is 16.0 Å². The van der Waals surface area contributed by atoms with Gasteiger partial charge in [-0.05, 0) is 26.2 Å². The molecule has 0 bridgehead atoms. The molecule has 0 aromatic rings. The lowest BCUT2D eigenvalue weighted by atomic mass is 10.0. The molecule has 1 rings (SSSR count). The zero-order valence-electron chi connectivity index (χ0n) is 12.3. The molecule has 3 amide bonds. The first kappa shape index (κ1) is 16.2. The van der Waals surface area contributed by atoms with Gasteiger partial charge in [-0.1, -0.05) is 13.8 Å². The zero-order valence-corrected chi connectivity index (χ0v) is 12.3. The fourth-order valence-corrected chi connectivity index (χ4v) is 2.09. The standard InChI is InChI=1S/C14H23N3O3/c1-4-8-15-9(3)10(5-2)13(19)16-11-6-7-12(18)17-14(11)20/h11,15H,4-8H2,1-3H3,(H,16,19)(H,17,18,20)/b10-9+. The maximum absolute atomic E-state index is 12.2. The molecular formula is C14H23N3O3. The fraction of sp³-hybridized carbons (Fsp3) is 0.643. The molecule has 1 fully saturated rings. The van der Waals surface area contributed by atoms with Gasteiger partial charge in [0.05, 0.1) is 0 Å². The summed E-state index contributed by atoms with van der Waals surface area (Å²) in [6.07, 6.45) is 2.18. The Kier molecular flexibility index (Phi) is 6.21. The lowest BCUT2D eigenvalue weighted by Gasteiger charge is -2.23. The Bertz CT molecular complexity index is 429. The van der Waals surface area contributed by atoms with E-state index in [0.29, 0.717) is 18.4 Å². The maximum atomic E-state index is 12.2. The number of imide groups is 1. The number of nitrogens with one attached hydrogen (secondary N) is 3. The number of piperidine rings is 1. The van der Waals surface area contributed by atoms with Gasteiger partial charge in [-0.2, -0.15) is 0 Å². The topological polar surface area (TPSA) is 87.3 Å². The van der Waals surface area contributed by atoms with Gasteiger partial charge in [0.25, 0.3) is 0 Å². The molecule has 6 heteroatoms. The summed E-state index contributed by atoms with van der Waals surface area (Å²) < 4.78 is 0. The predicted octanol–water partition coefficient (Wildman–Crippen LogP) is 0.591. The first-order chi connectivity index (χ1) is 9.49. The van der Waals surface area contributed by atoms with Gasteiger partial charge in [0.2, 0.25) is 17.7 Å². The molecule has 1 saturated heterocycles. The Morgan fingerprint density at radius 1 is 1.35 bits per heavy atom. The maximum Gasteiger partial charge on any atom is 0.249 e. The summed E-state index contributed by atoms with van der Waals surface area (Å²) in [4.78, 5) is 34.9. The lowest BCUT2D eigenvalue weighted by molar-refractivity contribution is -0.136. The summed E-state index contributed by atoms with van der Waals surface area (Å²) in [5.41, 5.74) is 1.47. The molecule has 3 N–H and O–H groups in total. The van der Waals surface area contributed by atoms with Crippen LogP contribution in [0.25, 0.3) is 0 Å². The molecule has 1 unspecified atom stereocenters. The Labute approximate surface area is 119 Å². The highest BCUT2D eigenvalue weighted by Crippen LogP contribution is 2.10. The van der Waals surface area contributed by atoms with E-state index < -0.39 is 11.9 Å². The summed E-state index contributed by atoms with van der Waals surface area (Å²) >= 11 is 0. The molecule has 1 aliphatic rings. The molecule has 20 heavy (non-hydrogen) atoms. The van der Waals surface area contributed by atoms with Gasteiger partial charge in [0.15, 0.2) is 0 Å². The van der Waals surface area contributed by atoms with Crippen molar-refractivity contribution in [1.82, 2.24) is 16.0 Å². The number of allylic oxidation sites excluding steroid dienone is 1. The molecular weight excluding hydrogens is 258 g/mol. The molecule has 0 aliphatic carbocycles. The smallest absolute Gasteiger partial charge is 0.249 e. The molecule has 0 aromatic heterocycles. The van der Waals surface area contributed by atoms with Crippen molar-refractivity contribution in [1.29, 1.82) is 0 Å². The van der Waals surface area contributed by atoms with E-state index in [1.165, 1.54) is 0 Å². The lowest BCUT2D eigenvalue weighted by Crippen LogP contribution is -2.52. The van der Waals surface area contributed by atoms with E-state index in [4.69, 9.17) is 0 Å². The van der Waals surface area contributed by atoms with Crippen molar-refractivity contribution in [3.8, 4) is 0 Å². The molecule has 1 heterocycles. The fourth-order valence-electron chi connectivity index (χ4n) is 2.09. The van der Waals surface area contributed by atoms with Crippen LogP contribution in [0.2, 0.25) is 0 Å². The van der Waals surface area contributed by atoms with Crippen LogP contribution in [0.1, 0.15) is 46.5 Å². The van der Waals surface area contributed by atoms with Crippen LogP contribution in [0.5, 0.6) is 0 Å². The summed E-state index contributed by atoms with van der Waals surface area (Å²) in [6.45, 7) is 6.62. The molecule has 0 radical (unpaired) electrons. The molecule has 0 spiro atoms. The number of carbonyl (C=O) groups is 3. The number of rotatable bonds is 6. The summed E-state index contributed by atoms with van der Waals surface area (Å²) in [5, 5.41) is 8.11. The van der Waals surface area contributed by atoms with E-state index in [0.717, 1.165) is 18.7 Å². The first-order valence-corrected chi connectivity index (χ1v) is 7.07. The van der Waals surface area contributed by atoms with Gasteiger partial charge in [0, 0.05) is 24.2 Å². The van der Waals surface area contributed by atoms with Crippen molar-refractivity contribution in [2.75, 3.05) is 6.54 Å². The van der Waals surface area contributed by atoms with Crippen molar-refractivity contribution in [3.05, 3.63) is 11.3 Å². The SMILES string of the molecule is CCCN/C(C)=C(\CC)C(=O)NC1CCC(=O)NC1=O. The van der Waals surface area contributed by atoms with E-state index >= 15 is 0 Å². The van der Waals surface area contributed by atoms with Crippen molar-refractivity contribution < 1.29 is 14.4 Å². The quantitative estimate of drug-likeness (QED) is 0.491. The molecule has 0 aromatic carbocycles. The highest BCUT2D eigenvalue weighted by atomic mass is 16.2. The molecule has 1 atom stereocenters. The molecule has 1 aliphatic heterocycles. The van der Waals surface area contributed by atoms with Gasteiger partial charge in [-0.25, -0.2) is 0 Å². The minimum atomic E-state index is -0.624. The summed E-state index contributed by atoms with van der Waals surface area (Å²) in [7, 11) is 0. The van der Waals surface area contributed by atoms with Crippen molar-refractivity contribution in [3.63, 3.8) is 0 Å². The van der Waals surface area contributed by atoms with E-state index in [9.17, 15) is 14.4 Å². The van der Waals surface area contributed by atoms with Crippen LogP contribution >= 0.6 is 0 Å². The van der Waals surface area contributed by atoms with Crippen LogP contribution in [-0.2, 0) is 14.4 Å². The Hall–Kier alpha value is -1.85. The number of hydrogen-bond acceptors (Lipinski definition) is 4. The Morgan fingerprint density at radius 2 is 2.05 bits per heavy atom. The van der Waals surface area contributed by atoms with Gasteiger partial charge in [0.1, 0.15) is 6.04 Å². The third-order valence-electron chi connectivity index (χ3n) is 3.26. The number of amides is 3. The second-order valence-corrected chi connectivity index (χ2v) is 4.86. The minimum Gasteiger partial charge on any atom is -0.388 e. The zero-order chi connectivity index (χ0) is 15.1. The number of carbonyl (C=O) groups excluding carboxylic acids is 3. The van der Waals surface area contributed by atoms with Crippen LogP contribution in [0.15, 0.2) is 11.3 Å². The highest BCUT2D eigenvalue weighted by Gasteiger charge is 2.28. The van der Waals surface area contributed by atoms with E-state index in [-0.39, 0.29) is 18.2 Å². The molecule has 0 saturated carbocycles. The third-order valence-corrected chi connectivity index (χ3v) is 3.26. The Morgan fingerprint density at radius 3 is 2.60 bits per heavy atom. The van der Waals surface area contributed by atoms with Crippen LogP contribution in [-0.4, -0.2) is 30.3 Å². The predicted molar refractivity (Wildman–Crippen MR) is 75.6 cm³/mol. The molecule has 6 nitrogen and oxygen atoms in total. The van der Waals surface area contributed by atoms with Gasteiger partial charge < -0.3 is 10.6 Å². The van der Waals surface area contributed by atoms with Gasteiger partial charge >= 0.3 is 0 Å². The first-order valence-electron chi connectivity index (χ1n) is 7.07. The largest absolute Gasteiger partial charge is 0.388 e. The number of hydrogen-bond donors (Lipinski definition) is 3. The highest BCUT2D eigenvalue weighted by molar-refractivity contribution is 6.03. The average molecular weight is 281 g/mol. The monoisotopic (exact) mass is 281 g/mol. The van der Waals surface area contributed by atoms with Gasteiger partial charge in [-0.15, -0.1) is 0 Å². The van der Waals surface area contributed by atoms with E-state index in [2.05, 4.69) is 22.9 Å². The summed E-state index contributed by atoms with van der Waals surface area (Å²) in [6, 6.07) is -0.624. The minimum absolute atomic E-state index is 0.247. The van der Waals surface area contributed by atoms with Gasteiger partial charge in [-0.3, -0.25) is 19.7 Å². The van der Waals surface area contributed by atoms with E-state index in [1.807, 2.05) is 13.8 Å². The second kappa shape index (κ2) is 7.67. The van der Waals surface area contributed by atoms with Crippen LogP contribution in [0.4, 0.5) is 0 Å². The summed E-state index contributed by atoms with van der Waals surface area (Å²) in [5.74, 6) is -0.958.